The highest BCUT2D eigenvalue weighted by molar-refractivity contribution is 7.84. The minimum atomic E-state index is -0.812. The van der Waals surface area contributed by atoms with Crippen molar-refractivity contribution in [2.45, 2.75) is 69.8 Å². The Kier molecular flexibility index (Phi) is 4.90. The van der Waals surface area contributed by atoms with Crippen molar-refractivity contribution in [1.82, 2.24) is 10.2 Å². The van der Waals surface area contributed by atoms with E-state index >= 15 is 0 Å². The van der Waals surface area contributed by atoms with Gasteiger partial charge in [0.2, 0.25) is 5.91 Å². The van der Waals surface area contributed by atoms with Crippen LogP contribution >= 0.6 is 0 Å². The van der Waals surface area contributed by atoms with E-state index in [9.17, 15) is 9.00 Å². The van der Waals surface area contributed by atoms with Crippen molar-refractivity contribution in [2.24, 2.45) is 5.92 Å². The van der Waals surface area contributed by atoms with Crippen LogP contribution in [0.2, 0.25) is 0 Å². The third-order valence-electron chi connectivity index (χ3n) is 4.86. The largest absolute Gasteiger partial charge is 0.325 e. The van der Waals surface area contributed by atoms with Gasteiger partial charge >= 0.3 is 0 Å². The summed E-state index contributed by atoms with van der Waals surface area (Å²) in [7, 11) is -0.812. The molecule has 2 fully saturated rings. The summed E-state index contributed by atoms with van der Waals surface area (Å²) in [6, 6.07) is 0. The SMILES string of the molecule is CC(C)C1NC2(CCCC2)C(=O)N1CCC(C)S(C)=O. The van der Waals surface area contributed by atoms with Crippen molar-refractivity contribution in [1.29, 1.82) is 0 Å². The highest BCUT2D eigenvalue weighted by Gasteiger charge is 2.52. The summed E-state index contributed by atoms with van der Waals surface area (Å²) >= 11 is 0. The van der Waals surface area contributed by atoms with Gasteiger partial charge in [-0.2, -0.15) is 0 Å². The third kappa shape index (κ3) is 2.93. The standard InChI is InChI=1S/C15H28N2O2S/c1-11(2)13-16-15(8-5-6-9-15)14(18)17(13)10-7-12(3)20(4)19/h11-13,16H,5-10H2,1-4H3. The molecule has 3 unspecified atom stereocenters. The normalized spacial score (nSPS) is 28.6. The predicted octanol–water partition coefficient (Wildman–Crippen LogP) is 1.87. The average Bonchev–Trinajstić information content (AvgIpc) is 2.95. The van der Waals surface area contributed by atoms with Crippen LogP contribution < -0.4 is 5.32 Å². The van der Waals surface area contributed by atoms with Crippen LogP contribution in [0.3, 0.4) is 0 Å². The zero-order valence-electron chi connectivity index (χ0n) is 13.1. The summed E-state index contributed by atoms with van der Waals surface area (Å²) in [6.07, 6.45) is 6.93. The molecule has 3 atom stereocenters. The summed E-state index contributed by atoms with van der Waals surface area (Å²) in [5.41, 5.74) is -0.288. The molecule has 1 saturated heterocycles. The second kappa shape index (κ2) is 6.14. The Bertz CT molecular complexity index is 391. The molecule has 0 aromatic rings. The van der Waals surface area contributed by atoms with Gasteiger partial charge in [0.1, 0.15) is 0 Å². The Morgan fingerprint density at radius 2 is 1.95 bits per heavy atom. The molecule has 0 bridgehead atoms. The number of rotatable bonds is 5. The van der Waals surface area contributed by atoms with Crippen molar-refractivity contribution in [3.63, 3.8) is 0 Å². The van der Waals surface area contributed by atoms with Gasteiger partial charge in [0, 0.05) is 28.9 Å². The number of hydrogen-bond acceptors (Lipinski definition) is 3. The Labute approximate surface area is 125 Å². The molecule has 1 amide bonds. The summed E-state index contributed by atoms with van der Waals surface area (Å²) in [4.78, 5) is 14.8. The lowest BCUT2D eigenvalue weighted by Gasteiger charge is -2.27. The Morgan fingerprint density at radius 3 is 2.45 bits per heavy atom. The first-order valence-corrected chi connectivity index (χ1v) is 9.40. The number of hydrogen-bond donors (Lipinski definition) is 1. The molecule has 1 N–H and O–H groups in total. The smallest absolute Gasteiger partial charge is 0.244 e. The molecule has 0 aromatic carbocycles. The maximum atomic E-state index is 12.8. The monoisotopic (exact) mass is 300 g/mol. The van der Waals surface area contributed by atoms with Gasteiger partial charge in [0.05, 0.1) is 11.7 Å². The van der Waals surface area contributed by atoms with E-state index in [0.29, 0.717) is 5.92 Å². The minimum Gasteiger partial charge on any atom is -0.325 e. The average molecular weight is 300 g/mol. The zero-order valence-corrected chi connectivity index (χ0v) is 14.0. The fourth-order valence-corrected chi connectivity index (χ4v) is 3.85. The van der Waals surface area contributed by atoms with Crippen LogP contribution in [-0.4, -0.2) is 44.8 Å². The van der Waals surface area contributed by atoms with Crippen LogP contribution in [0.1, 0.15) is 52.9 Å². The Hall–Kier alpha value is -0.420. The van der Waals surface area contributed by atoms with E-state index in [1.54, 1.807) is 6.26 Å². The maximum absolute atomic E-state index is 12.8. The van der Waals surface area contributed by atoms with Crippen LogP contribution in [0, 0.1) is 5.92 Å². The van der Waals surface area contributed by atoms with Crippen LogP contribution in [-0.2, 0) is 15.6 Å². The molecule has 5 heteroatoms. The van der Waals surface area contributed by atoms with Gasteiger partial charge in [-0.3, -0.25) is 14.3 Å². The molecule has 116 valence electrons. The van der Waals surface area contributed by atoms with Gasteiger partial charge in [-0.1, -0.05) is 33.6 Å². The topological polar surface area (TPSA) is 49.4 Å². The summed E-state index contributed by atoms with van der Waals surface area (Å²) in [6.45, 7) is 7.04. The summed E-state index contributed by atoms with van der Waals surface area (Å²) < 4.78 is 11.5. The molecule has 2 rings (SSSR count). The number of carbonyl (C=O) groups is 1. The van der Waals surface area contributed by atoms with Crippen LogP contribution in [0.15, 0.2) is 0 Å². The van der Waals surface area contributed by atoms with Crippen molar-refractivity contribution >= 4 is 16.7 Å². The van der Waals surface area contributed by atoms with Crippen molar-refractivity contribution in [3.05, 3.63) is 0 Å². The zero-order chi connectivity index (χ0) is 14.9. The first-order valence-electron chi connectivity index (χ1n) is 7.78. The summed E-state index contributed by atoms with van der Waals surface area (Å²) in [5, 5.41) is 3.77. The first-order chi connectivity index (χ1) is 9.37. The van der Waals surface area contributed by atoms with E-state index in [0.717, 1.165) is 38.6 Å². The fraction of sp³-hybridized carbons (Fsp3) is 0.933. The molecular formula is C15H28N2O2S. The third-order valence-corrected chi connectivity index (χ3v) is 6.23. The van der Waals surface area contributed by atoms with Crippen molar-refractivity contribution < 1.29 is 9.00 Å². The lowest BCUT2D eigenvalue weighted by atomic mass is 9.98. The molecule has 20 heavy (non-hydrogen) atoms. The fourth-order valence-electron chi connectivity index (χ4n) is 3.41. The number of nitrogens with one attached hydrogen (secondary N) is 1. The number of nitrogens with zero attached hydrogens (tertiary/aromatic N) is 1. The van der Waals surface area contributed by atoms with E-state index in [2.05, 4.69) is 19.2 Å². The molecule has 1 saturated carbocycles. The molecule has 1 aliphatic heterocycles. The molecule has 0 aromatic heterocycles. The van der Waals surface area contributed by atoms with Crippen molar-refractivity contribution in [2.75, 3.05) is 12.8 Å². The predicted molar refractivity (Wildman–Crippen MR) is 82.8 cm³/mol. The Balaban J connectivity index is 2.08. The van der Waals surface area contributed by atoms with Gasteiger partial charge in [0.25, 0.3) is 0 Å². The molecule has 2 aliphatic rings. The van der Waals surface area contributed by atoms with Gasteiger partial charge in [-0.05, 0) is 25.2 Å². The lowest BCUT2D eigenvalue weighted by Crippen LogP contribution is -2.45. The number of carbonyl (C=O) groups excluding carboxylic acids is 1. The maximum Gasteiger partial charge on any atom is 0.244 e. The highest BCUT2D eigenvalue weighted by Crippen LogP contribution is 2.37. The Morgan fingerprint density at radius 1 is 1.35 bits per heavy atom. The van der Waals surface area contributed by atoms with E-state index in [4.69, 9.17) is 0 Å². The van der Waals surface area contributed by atoms with Gasteiger partial charge in [0.15, 0.2) is 0 Å². The van der Waals surface area contributed by atoms with Gasteiger partial charge in [-0.25, -0.2) is 0 Å². The van der Waals surface area contributed by atoms with Gasteiger partial charge < -0.3 is 4.90 Å². The lowest BCUT2D eigenvalue weighted by molar-refractivity contribution is -0.133. The van der Waals surface area contributed by atoms with Crippen LogP contribution in [0.4, 0.5) is 0 Å². The van der Waals surface area contributed by atoms with Crippen molar-refractivity contribution in [3.8, 4) is 0 Å². The molecule has 4 nitrogen and oxygen atoms in total. The molecule has 1 spiro atoms. The van der Waals surface area contributed by atoms with E-state index < -0.39 is 10.8 Å². The number of amides is 1. The van der Waals surface area contributed by atoms with Gasteiger partial charge in [-0.15, -0.1) is 0 Å². The van der Waals surface area contributed by atoms with E-state index in [-0.39, 0.29) is 22.9 Å². The molecule has 0 radical (unpaired) electrons. The summed E-state index contributed by atoms with van der Waals surface area (Å²) in [5.74, 6) is 0.684. The van der Waals surface area contributed by atoms with Crippen LogP contribution in [0.5, 0.6) is 0 Å². The highest BCUT2D eigenvalue weighted by atomic mass is 32.2. The van der Waals surface area contributed by atoms with E-state index in [1.807, 2.05) is 11.8 Å². The quantitative estimate of drug-likeness (QED) is 0.843. The van der Waals surface area contributed by atoms with Crippen LogP contribution in [0.25, 0.3) is 0 Å². The molecule has 1 aliphatic carbocycles. The second-order valence-electron chi connectivity index (χ2n) is 6.72. The minimum absolute atomic E-state index is 0.137. The first kappa shape index (κ1) is 16.0. The molecular weight excluding hydrogens is 272 g/mol. The van der Waals surface area contributed by atoms with E-state index in [1.165, 1.54) is 0 Å². The molecule has 1 heterocycles. The second-order valence-corrected chi connectivity index (χ2v) is 8.52.